The fraction of sp³-hybridized carbons (Fsp3) is 0.727. The fourth-order valence-electron chi connectivity index (χ4n) is 1.40. The summed E-state index contributed by atoms with van der Waals surface area (Å²) in [4.78, 5) is 33.7. The molecule has 20 heavy (non-hydrogen) atoms. The lowest BCUT2D eigenvalue weighted by molar-refractivity contribution is -0.138. The summed E-state index contributed by atoms with van der Waals surface area (Å²) in [6, 6.07) is -1.64. The standard InChI is InChI=1S/C11H22N4O4S/c12-4-2-1-3-7(13)10(18)15-8(6-20)11(19)14-5-9(16)17/h7-8,20H,1-6,12-13H2,(H,14,19)(H,15,18)(H,16,17)/t7-,8-/m0/s1. The molecule has 9 heteroatoms. The lowest BCUT2D eigenvalue weighted by Gasteiger charge is -2.18. The molecule has 0 saturated carbocycles. The summed E-state index contributed by atoms with van der Waals surface area (Å²) >= 11 is 3.95. The minimum atomic E-state index is -1.17. The van der Waals surface area contributed by atoms with Crippen LogP contribution in [0.15, 0.2) is 0 Å². The molecule has 0 fully saturated rings. The van der Waals surface area contributed by atoms with Gasteiger partial charge < -0.3 is 27.2 Å². The van der Waals surface area contributed by atoms with E-state index in [0.29, 0.717) is 13.0 Å². The molecule has 8 nitrogen and oxygen atoms in total. The van der Waals surface area contributed by atoms with Crippen molar-refractivity contribution in [2.75, 3.05) is 18.8 Å². The summed E-state index contributed by atoms with van der Waals surface area (Å²) in [5.74, 6) is -2.19. The Kier molecular flexibility index (Phi) is 9.77. The highest BCUT2D eigenvalue weighted by molar-refractivity contribution is 7.80. The first kappa shape index (κ1) is 18.7. The average molecular weight is 306 g/mol. The summed E-state index contributed by atoms with van der Waals surface area (Å²) in [6.45, 7) is 0.0206. The summed E-state index contributed by atoms with van der Waals surface area (Å²) in [5, 5.41) is 13.1. The Bertz CT molecular complexity index is 340. The molecule has 0 aliphatic rings. The molecule has 2 amide bonds. The molecule has 0 aromatic carbocycles. The van der Waals surface area contributed by atoms with E-state index in [0.717, 1.165) is 12.8 Å². The molecule has 0 unspecified atom stereocenters. The zero-order valence-corrected chi connectivity index (χ0v) is 12.1. The van der Waals surface area contributed by atoms with Gasteiger partial charge in [-0.15, -0.1) is 0 Å². The van der Waals surface area contributed by atoms with Crippen LogP contribution in [0.3, 0.4) is 0 Å². The first-order valence-corrected chi connectivity index (χ1v) is 6.92. The number of hydrogen-bond acceptors (Lipinski definition) is 6. The van der Waals surface area contributed by atoms with Crippen molar-refractivity contribution in [3.63, 3.8) is 0 Å². The molecule has 2 atom stereocenters. The monoisotopic (exact) mass is 306 g/mol. The van der Waals surface area contributed by atoms with Gasteiger partial charge in [0.25, 0.3) is 0 Å². The highest BCUT2D eigenvalue weighted by Crippen LogP contribution is 1.99. The van der Waals surface area contributed by atoms with Crippen molar-refractivity contribution < 1.29 is 19.5 Å². The molecular weight excluding hydrogens is 284 g/mol. The largest absolute Gasteiger partial charge is 0.480 e. The summed E-state index contributed by atoms with van der Waals surface area (Å²) in [5.41, 5.74) is 11.0. The summed E-state index contributed by atoms with van der Waals surface area (Å²) in [6.07, 6.45) is 1.97. The molecule has 0 saturated heterocycles. The first-order chi connectivity index (χ1) is 9.42. The van der Waals surface area contributed by atoms with Crippen LogP contribution < -0.4 is 22.1 Å². The summed E-state index contributed by atoms with van der Waals surface area (Å²) in [7, 11) is 0. The number of carbonyl (C=O) groups is 3. The van der Waals surface area contributed by atoms with E-state index in [-0.39, 0.29) is 5.75 Å². The number of amides is 2. The Hall–Kier alpha value is -1.32. The van der Waals surface area contributed by atoms with Crippen LogP contribution in [-0.2, 0) is 14.4 Å². The van der Waals surface area contributed by atoms with Gasteiger partial charge >= 0.3 is 5.97 Å². The molecule has 7 N–H and O–H groups in total. The molecule has 0 radical (unpaired) electrons. The van der Waals surface area contributed by atoms with Crippen LogP contribution >= 0.6 is 12.6 Å². The van der Waals surface area contributed by atoms with Crippen molar-refractivity contribution >= 4 is 30.4 Å². The molecule has 0 rings (SSSR count). The van der Waals surface area contributed by atoms with Gasteiger partial charge in [0.1, 0.15) is 12.6 Å². The Morgan fingerprint density at radius 2 is 1.85 bits per heavy atom. The van der Waals surface area contributed by atoms with Gasteiger partial charge in [-0.05, 0) is 19.4 Å². The fourth-order valence-corrected chi connectivity index (χ4v) is 1.66. The summed E-state index contributed by atoms with van der Waals surface area (Å²) < 4.78 is 0. The quantitative estimate of drug-likeness (QED) is 0.204. The lowest BCUT2D eigenvalue weighted by atomic mass is 10.1. The van der Waals surface area contributed by atoms with Gasteiger partial charge in [-0.3, -0.25) is 14.4 Å². The van der Waals surface area contributed by atoms with Crippen LogP contribution in [0.2, 0.25) is 0 Å². The molecule has 0 aromatic heterocycles. The highest BCUT2D eigenvalue weighted by atomic mass is 32.1. The van der Waals surface area contributed by atoms with E-state index in [1.807, 2.05) is 0 Å². The van der Waals surface area contributed by atoms with E-state index < -0.39 is 36.4 Å². The number of carboxylic acids is 1. The van der Waals surface area contributed by atoms with Crippen LogP contribution in [0.1, 0.15) is 19.3 Å². The SMILES string of the molecule is NCCCC[C@H](N)C(=O)N[C@@H](CS)C(=O)NCC(=O)O. The van der Waals surface area contributed by atoms with Gasteiger partial charge in [-0.25, -0.2) is 0 Å². The number of thiol groups is 1. The van der Waals surface area contributed by atoms with Crippen molar-refractivity contribution in [2.24, 2.45) is 11.5 Å². The maximum absolute atomic E-state index is 11.8. The number of carboxylic acid groups (broad SMARTS) is 1. The molecular formula is C11H22N4O4S. The molecule has 0 bridgehead atoms. The van der Waals surface area contributed by atoms with Crippen LogP contribution in [0.5, 0.6) is 0 Å². The van der Waals surface area contributed by atoms with Gasteiger partial charge in [-0.2, -0.15) is 12.6 Å². The second-order valence-electron chi connectivity index (χ2n) is 4.25. The van der Waals surface area contributed by atoms with Gasteiger partial charge in [-0.1, -0.05) is 6.42 Å². The van der Waals surface area contributed by atoms with Crippen LogP contribution in [-0.4, -0.2) is 53.8 Å². The second-order valence-corrected chi connectivity index (χ2v) is 4.61. The van der Waals surface area contributed by atoms with E-state index in [2.05, 4.69) is 23.3 Å². The predicted molar refractivity (Wildman–Crippen MR) is 77.3 cm³/mol. The number of carbonyl (C=O) groups excluding carboxylic acids is 2. The number of rotatable bonds is 10. The topological polar surface area (TPSA) is 148 Å². The predicted octanol–water partition coefficient (Wildman–Crippen LogP) is -1.94. The first-order valence-electron chi connectivity index (χ1n) is 6.28. The third-order valence-corrected chi connectivity index (χ3v) is 2.90. The van der Waals surface area contributed by atoms with Gasteiger partial charge in [0.2, 0.25) is 11.8 Å². The Morgan fingerprint density at radius 1 is 1.20 bits per heavy atom. The Morgan fingerprint density at radius 3 is 2.35 bits per heavy atom. The van der Waals surface area contributed by atoms with Gasteiger partial charge in [0.15, 0.2) is 0 Å². The van der Waals surface area contributed by atoms with E-state index in [1.54, 1.807) is 0 Å². The molecule has 116 valence electrons. The van der Waals surface area contributed by atoms with Gasteiger partial charge in [0.05, 0.1) is 6.04 Å². The second kappa shape index (κ2) is 10.5. The maximum Gasteiger partial charge on any atom is 0.322 e. The van der Waals surface area contributed by atoms with Crippen molar-refractivity contribution in [1.82, 2.24) is 10.6 Å². The number of unbranched alkanes of at least 4 members (excludes halogenated alkanes) is 1. The third-order valence-electron chi connectivity index (χ3n) is 2.54. The van der Waals surface area contributed by atoms with Crippen molar-refractivity contribution in [2.45, 2.75) is 31.3 Å². The van der Waals surface area contributed by atoms with Crippen LogP contribution in [0, 0.1) is 0 Å². The Balaban J connectivity index is 4.22. The van der Waals surface area contributed by atoms with E-state index in [1.165, 1.54) is 0 Å². The van der Waals surface area contributed by atoms with E-state index in [9.17, 15) is 14.4 Å². The number of nitrogens with one attached hydrogen (secondary N) is 2. The highest BCUT2D eigenvalue weighted by Gasteiger charge is 2.22. The lowest BCUT2D eigenvalue weighted by Crippen LogP contribution is -2.53. The van der Waals surface area contributed by atoms with Crippen molar-refractivity contribution in [1.29, 1.82) is 0 Å². The van der Waals surface area contributed by atoms with Crippen LogP contribution in [0.4, 0.5) is 0 Å². The average Bonchev–Trinajstić information content (AvgIpc) is 2.41. The number of aliphatic carboxylic acids is 1. The zero-order chi connectivity index (χ0) is 15.5. The minimum Gasteiger partial charge on any atom is -0.480 e. The van der Waals surface area contributed by atoms with Crippen molar-refractivity contribution in [3.8, 4) is 0 Å². The molecule has 0 spiro atoms. The van der Waals surface area contributed by atoms with Crippen LogP contribution in [0.25, 0.3) is 0 Å². The smallest absolute Gasteiger partial charge is 0.322 e. The molecule has 0 aliphatic heterocycles. The Labute approximate surface area is 123 Å². The van der Waals surface area contributed by atoms with E-state index >= 15 is 0 Å². The van der Waals surface area contributed by atoms with E-state index in [4.69, 9.17) is 16.6 Å². The number of nitrogens with two attached hydrogens (primary N) is 2. The maximum atomic E-state index is 11.8. The number of hydrogen-bond donors (Lipinski definition) is 6. The van der Waals surface area contributed by atoms with Gasteiger partial charge in [0, 0.05) is 5.75 Å². The molecule has 0 aromatic rings. The normalized spacial score (nSPS) is 13.3. The molecule has 0 aliphatic carbocycles. The molecule has 0 heterocycles. The third kappa shape index (κ3) is 7.97. The van der Waals surface area contributed by atoms with Crippen molar-refractivity contribution in [3.05, 3.63) is 0 Å². The zero-order valence-electron chi connectivity index (χ0n) is 11.2. The minimum absolute atomic E-state index is 0.0483.